The third-order valence-corrected chi connectivity index (χ3v) is 3.23. The number of rotatable bonds is 4. The van der Waals surface area contributed by atoms with Gasteiger partial charge in [0, 0.05) is 11.7 Å². The molecular formula is C14H20N2O3. The molecular weight excluding hydrogens is 244 g/mol. The Balaban J connectivity index is 2.07. The molecule has 5 nitrogen and oxygen atoms in total. The van der Waals surface area contributed by atoms with Crippen LogP contribution < -0.4 is 10.6 Å². The fourth-order valence-electron chi connectivity index (χ4n) is 2.00. The topological polar surface area (TPSA) is 59.6 Å². The number of benzene rings is 1. The fourth-order valence-corrected chi connectivity index (χ4v) is 2.00. The van der Waals surface area contributed by atoms with Gasteiger partial charge in [0.25, 0.3) is 5.91 Å². The number of nitrogens with one attached hydrogen (secondary N) is 2. The van der Waals surface area contributed by atoms with E-state index < -0.39 is 6.10 Å². The van der Waals surface area contributed by atoms with Gasteiger partial charge >= 0.3 is 0 Å². The van der Waals surface area contributed by atoms with E-state index in [1.807, 2.05) is 38.2 Å². The highest BCUT2D eigenvalue weighted by Crippen LogP contribution is 2.22. The maximum atomic E-state index is 12.1. The Morgan fingerprint density at radius 3 is 2.84 bits per heavy atom. The summed E-state index contributed by atoms with van der Waals surface area (Å²) in [6.45, 7) is 3.38. The zero-order valence-electron chi connectivity index (χ0n) is 11.3. The molecule has 1 aliphatic heterocycles. The smallest absolute Gasteiger partial charge is 0.255 e. The lowest BCUT2D eigenvalue weighted by Crippen LogP contribution is -2.39. The molecule has 1 heterocycles. The zero-order valence-corrected chi connectivity index (χ0v) is 11.3. The van der Waals surface area contributed by atoms with Crippen LogP contribution in [0.4, 0.5) is 5.69 Å². The first-order valence-electron chi connectivity index (χ1n) is 6.48. The van der Waals surface area contributed by atoms with E-state index in [0.717, 1.165) is 11.3 Å². The summed E-state index contributed by atoms with van der Waals surface area (Å²) < 4.78 is 10.6. The highest BCUT2D eigenvalue weighted by atomic mass is 16.6. The van der Waals surface area contributed by atoms with Crippen LogP contribution in [0.3, 0.4) is 0 Å². The Bertz CT molecular complexity index is 430. The summed E-state index contributed by atoms with van der Waals surface area (Å²) in [5, 5.41) is 6.08. The van der Waals surface area contributed by atoms with Crippen LogP contribution in [0.1, 0.15) is 18.5 Å². The van der Waals surface area contributed by atoms with Gasteiger partial charge in [0.2, 0.25) is 0 Å². The van der Waals surface area contributed by atoms with E-state index >= 15 is 0 Å². The molecule has 2 atom stereocenters. The average Bonchev–Trinajstić information content (AvgIpc) is 2.48. The molecule has 2 unspecified atom stereocenters. The van der Waals surface area contributed by atoms with Gasteiger partial charge in [-0.2, -0.15) is 0 Å². The predicted octanol–water partition coefficient (Wildman–Crippen LogP) is 1.32. The second-order valence-corrected chi connectivity index (χ2v) is 4.52. The average molecular weight is 264 g/mol. The van der Waals surface area contributed by atoms with Crippen LogP contribution in [0, 0.1) is 0 Å². The first-order chi connectivity index (χ1) is 9.22. The van der Waals surface area contributed by atoms with Crippen LogP contribution in [0.25, 0.3) is 0 Å². The molecule has 0 radical (unpaired) electrons. The van der Waals surface area contributed by atoms with E-state index in [9.17, 15) is 4.79 Å². The number of carbonyl (C=O) groups excluding carboxylic acids is 1. The van der Waals surface area contributed by atoms with Gasteiger partial charge in [-0.25, -0.2) is 0 Å². The van der Waals surface area contributed by atoms with E-state index in [0.29, 0.717) is 19.8 Å². The molecule has 1 fully saturated rings. The lowest BCUT2D eigenvalue weighted by Gasteiger charge is -2.23. The number of para-hydroxylation sites is 1. The standard InChI is InChI=1S/C14H20N2O3/c1-10(15-2)11-5-3-4-6-12(11)16-14(17)13-9-18-7-8-19-13/h3-6,10,13,15H,7-9H2,1-2H3,(H,16,17). The summed E-state index contributed by atoms with van der Waals surface area (Å²) in [4.78, 5) is 12.1. The van der Waals surface area contributed by atoms with Crippen molar-refractivity contribution >= 4 is 11.6 Å². The minimum atomic E-state index is -0.522. The Kier molecular flexibility index (Phi) is 4.90. The van der Waals surface area contributed by atoms with Crippen LogP contribution in [0.2, 0.25) is 0 Å². The summed E-state index contributed by atoms with van der Waals surface area (Å²) >= 11 is 0. The number of anilines is 1. The number of carbonyl (C=O) groups is 1. The molecule has 1 aliphatic rings. The van der Waals surface area contributed by atoms with Crippen LogP contribution in [-0.2, 0) is 14.3 Å². The van der Waals surface area contributed by atoms with Crippen molar-refractivity contribution in [1.29, 1.82) is 0 Å². The van der Waals surface area contributed by atoms with Crippen molar-refractivity contribution in [2.75, 3.05) is 32.2 Å². The Labute approximate surface area is 113 Å². The van der Waals surface area contributed by atoms with Gasteiger partial charge < -0.3 is 20.1 Å². The van der Waals surface area contributed by atoms with Gasteiger partial charge in [-0.1, -0.05) is 18.2 Å². The molecule has 0 bridgehead atoms. The molecule has 5 heteroatoms. The summed E-state index contributed by atoms with van der Waals surface area (Å²) in [5.74, 6) is -0.157. The predicted molar refractivity (Wildman–Crippen MR) is 73.1 cm³/mol. The Morgan fingerprint density at radius 2 is 2.16 bits per heavy atom. The second-order valence-electron chi connectivity index (χ2n) is 4.52. The van der Waals surface area contributed by atoms with E-state index in [1.165, 1.54) is 0 Å². The highest BCUT2D eigenvalue weighted by Gasteiger charge is 2.23. The van der Waals surface area contributed by atoms with Crippen LogP contribution in [0.15, 0.2) is 24.3 Å². The highest BCUT2D eigenvalue weighted by molar-refractivity contribution is 5.95. The monoisotopic (exact) mass is 264 g/mol. The van der Waals surface area contributed by atoms with Crippen molar-refractivity contribution in [3.8, 4) is 0 Å². The molecule has 0 saturated carbocycles. The number of hydrogen-bond donors (Lipinski definition) is 2. The van der Waals surface area contributed by atoms with E-state index in [-0.39, 0.29) is 11.9 Å². The lowest BCUT2D eigenvalue weighted by molar-refractivity contribution is -0.142. The third kappa shape index (κ3) is 3.53. The molecule has 0 aromatic heterocycles. The van der Waals surface area contributed by atoms with Crippen molar-refractivity contribution in [3.05, 3.63) is 29.8 Å². The van der Waals surface area contributed by atoms with Gasteiger partial charge in [-0.15, -0.1) is 0 Å². The first kappa shape index (κ1) is 14.0. The van der Waals surface area contributed by atoms with Crippen molar-refractivity contribution < 1.29 is 14.3 Å². The third-order valence-electron chi connectivity index (χ3n) is 3.23. The van der Waals surface area contributed by atoms with E-state index in [4.69, 9.17) is 9.47 Å². The number of ether oxygens (including phenoxy) is 2. The van der Waals surface area contributed by atoms with Gasteiger partial charge in [0.1, 0.15) is 0 Å². The minimum absolute atomic E-state index is 0.157. The van der Waals surface area contributed by atoms with Crippen LogP contribution in [-0.4, -0.2) is 38.9 Å². The summed E-state index contributed by atoms with van der Waals surface area (Å²) in [6.07, 6.45) is -0.522. The SMILES string of the molecule is CNC(C)c1ccccc1NC(=O)C1COCCO1. The van der Waals surface area contributed by atoms with Crippen LogP contribution >= 0.6 is 0 Å². The van der Waals surface area contributed by atoms with Crippen molar-refractivity contribution in [1.82, 2.24) is 5.32 Å². The minimum Gasteiger partial charge on any atom is -0.376 e. The van der Waals surface area contributed by atoms with Gasteiger partial charge in [-0.05, 0) is 25.6 Å². The second kappa shape index (κ2) is 6.65. The molecule has 104 valence electrons. The normalized spacial score (nSPS) is 20.8. The molecule has 0 spiro atoms. The molecule has 1 saturated heterocycles. The Hall–Kier alpha value is -1.43. The largest absolute Gasteiger partial charge is 0.376 e. The first-order valence-corrected chi connectivity index (χ1v) is 6.48. The fraction of sp³-hybridized carbons (Fsp3) is 0.500. The Morgan fingerprint density at radius 1 is 1.37 bits per heavy atom. The molecule has 0 aliphatic carbocycles. The number of amides is 1. The van der Waals surface area contributed by atoms with Crippen molar-refractivity contribution in [2.45, 2.75) is 19.1 Å². The summed E-state index contributed by atoms with van der Waals surface area (Å²) in [7, 11) is 1.89. The maximum absolute atomic E-state index is 12.1. The van der Waals surface area contributed by atoms with Gasteiger partial charge in [0.05, 0.1) is 19.8 Å². The lowest BCUT2D eigenvalue weighted by atomic mass is 10.1. The molecule has 2 rings (SSSR count). The quantitative estimate of drug-likeness (QED) is 0.861. The summed E-state index contributed by atoms with van der Waals surface area (Å²) in [6, 6.07) is 7.92. The molecule has 2 N–H and O–H groups in total. The maximum Gasteiger partial charge on any atom is 0.255 e. The van der Waals surface area contributed by atoms with E-state index in [2.05, 4.69) is 10.6 Å². The van der Waals surface area contributed by atoms with Gasteiger partial charge in [-0.3, -0.25) is 4.79 Å². The summed E-state index contributed by atoms with van der Waals surface area (Å²) in [5.41, 5.74) is 1.86. The number of hydrogen-bond acceptors (Lipinski definition) is 4. The molecule has 1 aromatic carbocycles. The molecule has 1 aromatic rings. The zero-order chi connectivity index (χ0) is 13.7. The van der Waals surface area contributed by atoms with Gasteiger partial charge in [0.15, 0.2) is 6.10 Å². The van der Waals surface area contributed by atoms with E-state index in [1.54, 1.807) is 0 Å². The van der Waals surface area contributed by atoms with Crippen LogP contribution in [0.5, 0.6) is 0 Å². The molecule has 19 heavy (non-hydrogen) atoms. The molecule has 1 amide bonds. The van der Waals surface area contributed by atoms with Crippen molar-refractivity contribution in [3.63, 3.8) is 0 Å². The van der Waals surface area contributed by atoms with Crippen molar-refractivity contribution in [2.24, 2.45) is 0 Å².